The number of piperazine rings is 1. The van der Waals surface area contributed by atoms with Crippen LogP contribution in [0.25, 0.3) is 0 Å². The number of carbonyl (C=O) groups is 1. The van der Waals surface area contributed by atoms with Gasteiger partial charge in [-0.2, -0.15) is 0 Å². The van der Waals surface area contributed by atoms with Crippen molar-refractivity contribution in [3.63, 3.8) is 0 Å². The number of furan rings is 1. The number of amides is 1. The Bertz CT molecular complexity index is 411. The van der Waals surface area contributed by atoms with Gasteiger partial charge in [0, 0.05) is 26.2 Å². The van der Waals surface area contributed by atoms with E-state index in [1.54, 1.807) is 6.07 Å². The molecule has 6 nitrogen and oxygen atoms in total. The summed E-state index contributed by atoms with van der Waals surface area (Å²) in [5, 5.41) is 0. The summed E-state index contributed by atoms with van der Waals surface area (Å²) in [5.74, 6) is 5.58. The number of hydrogen-bond donors (Lipinski definition) is 2. The molecule has 19 heavy (non-hydrogen) atoms. The van der Waals surface area contributed by atoms with Crippen LogP contribution in [-0.2, 0) is 6.54 Å². The van der Waals surface area contributed by atoms with E-state index in [2.05, 4.69) is 22.1 Å². The fourth-order valence-corrected chi connectivity index (χ4v) is 2.37. The van der Waals surface area contributed by atoms with Gasteiger partial charge in [-0.15, -0.1) is 0 Å². The van der Waals surface area contributed by atoms with E-state index in [1.165, 1.54) is 19.2 Å². The van der Waals surface area contributed by atoms with Crippen molar-refractivity contribution in [3.8, 4) is 0 Å². The van der Waals surface area contributed by atoms with E-state index in [4.69, 9.17) is 10.3 Å². The standard InChI is InChI=1S/C13H22N4O2/c1-2-3-16-4-6-17(7-5-16)9-12-8-11(10-19-12)13(18)15-14/h8,10H,2-7,9,14H2,1H3,(H,15,18). The maximum atomic E-state index is 11.3. The van der Waals surface area contributed by atoms with Crippen molar-refractivity contribution < 1.29 is 9.21 Å². The number of rotatable bonds is 5. The average Bonchev–Trinajstić information content (AvgIpc) is 2.89. The summed E-state index contributed by atoms with van der Waals surface area (Å²) in [6.07, 6.45) is 2.65. The van der Waals surface area contributed by atoms with Crippen LogP contribution in [0.1, 0.15) is 29.5 Å². The molecule has 0 aromatic carbocycles. The van der Waals surface area contributed by atoms with Crippen molar-refractivity contribution in [2.75, 3.05) is 32.7 Å². The lowest BCUT2D eigenvalue weighted by Crippen LogP contribution is -2.45. The van der Waals surface area contributed by atoms with E-state index in [0.29, 0.717) is 5.56 Å². The van der Waals surface area contributed by atoms with Gasteiger partial charge in [-0.05, 0) is 19.0 Å². The SMILES string of the molecule is CCCN1CCN(Cc2cc(C(=O)NN)co2)CC1. The highest BCUT2D eigenvalue weighted by Gasteiger charge is 2.18. The molecule has 1 fully saturated rings. The third kappa shape index (κ3) is 3.79. The largest absolute Gasteiger partial charge is 0.467 e. The second-order valence-electron chi connectivity index (χ2n) is 4.89. The van der Waals surface area contributed by atoms with Gasteiger partial charge in [-0.3, -0.25) is 15.1 Å². The summed E-state index contributed by atoms with van der Waals surface area (Å²) in [6, 6.07) is 1.75. The Morgan fingerprint density at radius 2 is 2.05 bits per heavy atom. The van der Waals surface area contributed by atoms with E-state index >= 15 is 0 Å². The Morgan fingerprint density at radius 3 is 2.68 bits per heavy atom. The molecule has 0 saturated carbocycles. The molecule has 2 heterocycles. The van der Waals surface area contributed by atoms with E-state index in [0.717, 1.165) is 38.5 Å². The lowest BCUT2D eigenvalue weighted by molar-refractivity contribution is 0.0953. The summed E-state index contributed by atoms with van der Waals surface area (Å²) >= 11 is 0. The lowest BCUT2D eigenvalue weighted by Gasteiger charge is -2.33. The Labute approximate surface area is 113 Å². The first-order valence-electron chi connectivity index (χ1n) is 6.76. The van der Waals surface area contributed by atoms with Gasteiger partial charge >= 0.3 is 0 Å². The Morgan fingerprint density at radius 1 is 1.37 bits per heavy atom. The van der Waals surface area contributed by atoms with E-state index in [1.807, 2.05) is 0 Å². The number of nitrogens with two attached hydrogens (primary N) is 1. The summed E-state index contributed by atoms with van der Waals surface area (Å²) in [7, 11) is 0. The molecule has 0 atom stereocenters. The summed E-state index contributed by atoms with van der Waals surface area (Å²) in [4.78, 5) is 16.1. The fourth-order valence-electron chi connectivity index (χ4n) is 2.37. The molecule has 1 aromatic heterocycles. The number of hydrogen-bond acceptors (Lipinski definition) is 5. The number of nitrogens with one attached hydrogen (secondary N) is 1. The maximum Gasteiger partial charge on any atom is 0.268 e. The van der Waals surface area contributed by atoms with Gasteiger partial charge in [0.1, 0.15) is 12.0 Å². The van der Waals surface area contributed by atoms with E-state index in [-0.39, 0.29) is 5.91 Å². The second kappa shape index (κ2) is 6.70. The highest BCUT2D eigenvalue weighted by Crippen LogP contribution is 2.12. The molecule has 106 valence electrons. The van der Waals surface area contributed by atoms with Crippen LogP contribution in [-0.4, -0.2) is 48.4 Å². The van der Waals surface area contributed by atoms with Crippen LogP contribution < -0.4 is 11.3 Å². The van der Waals surface area contributed by atoms with Crippen LogP contribution in [0.2, 0.25) is 0 Å². The maximum absolute atomic E-state index is 11.3. The normalized spacial score (nSPS) is 17.6. The Hall–Kier alpha value is -1.37. The molecule has 0 unspecified atom stereocenters. The second-order valence-corrected chi connectivity index (χ2v) is 4.89. The molecule has 1 aliphatic heterocycles. The molecule has 1 saturated heterocycles. The van der Waals surface area contributed by atoms with Crippen molar-refractivity contribution in [1.29, 1.82) is 0 Å². The lowest BCUT2D eigenvalue weighted by atomic mass is 10.2. The zero-order valence-corrected chi connectivity index (χ0v) is 11.4. The van der Waals surface area contributed by atoms with E-state index < -0.39 is 0 Å². The summed E-state index contributed by atoms with van der Waals surface area (Å²) in [6.45, 7) is 8.42. The molecule has 0 spiro atoms. The molecular weight excluding hydrogens is 244 g/mol. The molecule has 0 radical (unpaired) electrons. The van der Waals surface area contributed by atoms with Crippen molar-refractivity contribution in [2.45, 2.75) is 19.9 Å². The highest BCUT2D eigenvalue weighted by atomic mass is 16.3. The molecule has 6 heteroatoms. The first-order chi connectivity index (χ1) is 9.22. The number of nitrogen functional groups attached to an aromatic ring is 1. The van der Waals surface area contributed by atoms with Crippen LogP contribution in [0.15, 0.2) is 16.7 Å². The van der Waals surface area contributed by atoms with Gasteiger partial charge < -0.3 is 9.32 Å². The minimum Gasteiger partial charge on any atom is -0.467 e. The third-order valence-corrected chi connectivity index (χ3v) is 3.43. The number of nitrogens with zero attached hydrogens (tertiary/aromatic N) is 2. The molecule has 1 aliphatic rings. The molecule has 0 aliphatic carbocycles. The van der Waals surface area contributed by atoms with Gasteiger partial charge in [-0.1, -0.05) is 6.92 Å². The molecule has 0 bridgehead atoms. The van der Waals surface area contributed by atoms with Crippen molar-refractivity contribution in [2.24, 2.45) is 5.84 Å². The van der Waals surface area contributed by atoms with Gasteiger partial charge in [0.15, 0.2) is 0 Å². The average molecular weight is 266 g/mol. The summed E-state index contributed by atoms with van der Waals surface area (Å²) in [5.41, 5.74) is 2.57. The molecule has 1 amide bonds. The molecule has 3 N–H and O–H groups in total. The minimum atomic E-state index is -0.317. The number of hydrazine groups is 1. The van der Waals surface area contributed by atoms with Crippen molar-refractivity contribution in [3.05, 3.63) is 23.7 Å². The van der Waals surface area contributed by atoms with Crippen LogP contribution in [0.5, 0.6) is 0 Å². The van der Waals surface area contributed by atoms with Crippen LogP contribution >= 0.6 is 0 Å². The van der Waals surface area contributed by atoms with Gasteiger partial charge in [0.2, 0.25) is 0 Å². The predicted molar refractivity (Wildman–Crippen MR) is 72.4 cm³/mol. The minimum absolute atomic E-state index is 0.317. The smallest absolute Gasteiger partial charge is 0.268 e. The zero-order valence-electron chi connectivity index (χ0n) is 11.4. The van der Waals surface area contributed by atoms with Crippen molar-refractivity contribution in [1.82, 2.24) is 15.2 Å². The van der Waals surface area contributed by atoms with Crippen LogP contribution in [0, 0.1) is 0 Å². The molecule has 2 rings (SSSR count). The third-order valence-electron chi connectivity index (χ3n) is 3.43. The van der Waals surface area contributed by atoms with Crippen molar-refractivity contribution >= 4 is 5.91 Å². The number of carbonyl (C=O) groups excluding carboxylic acids is 1. The Kier molecular flexibility index (Phi) is 4.95. The van der Waals surface area contributed by atoms with E-state index in [9.17, 15) is 4.79 Å². The monoisotopic (exact) mass is 266 g/mol. The highest BCUT2D eigenvalue weighted by molar-refractivity contribution is 5.93. The molecular formula is C13H22N4O2. The first-order valence-corrected chi connectivity index (χ1v) is 6.76. The predicted octanol–water partition coefficient (Wildman–Crippen LogP) is 0.411. The summed E-state index contributed by atoms with van der Waals surface area (Å²) < 4.78 is 5.39. The van der Waals surface area contributed by atoms with Crippen LogP contribution in [0.4, 0.5) is 0 Å². The topological polar surface area (TPSA) is 74.7 Å². The zero-order chi connectivity index (χ0) is 13.7. The fraction of sp³-hybridized carbons (Fsp3) is 0.615. The quantitative estimate of drug-likeness (QED) is 0.459. The van der Waals surface area contributed by atoms with Gasteiger partial charge in [-0.25, -0.2) is 5.84 Å². The van der Waals surface area contributed by atoms with Gasteiger partial charge in [0.05, 0.1) is 12.1 Å². The Balaban J connectivity index is 1.82. The molecule has 1 aromatic rings. The van der Waals surface area contributed by atoms with Gasteiger partial charge in [0.25, 0.3) is 5.91 Å². The van der Waals surface area contributed by atoms with Crippen LogP contribution in [0.3, 0.4) is 0 Å². The first kappa shape index (κ1) is 14.0.